The van der Waals surface area contributed by atoms with Crippen LogP contribution in [0.3, 0.4) is 0 Å². The van der Waals surface area contributed by atoms with Gasteiger partial charge in [-0.25, -0.2) is 9.97 Å². The van der Waals surface area contributed by atoms with E-state index in [0.29, 0.717) is 27.9 Å². The number of nitriles is 1. The van der Waals surface area contributed by atoms with Crippen LogP contribution >= 0.6 is 0 Å². The molecule has 2 aromatic heterocycles. The van der Waals surface area contributed by atoms with Gasteiger partial charge in [0, 0.05) is 23.5 Å². The first-order valence-corrected chi connectivity index (χ1v) is 11.4. The molecule has 186 valence electrons. The molecular weight excluding hydrogens is 484 g/mol. The number of aromatic hydroxyl groups is 1. The van der Waals surface area contributed by atoms with E-state index in [2.05, 4.69) is 36.7 Å². The number of azo groups is 1. The first kappa shape index (κ1) is 24.1. The fourth-order valence-electron chi connectivity index (χ4n) is 3.84. The second kappa shape index (κ2) is 10.2. The third-order valence-corrected chi connectivity index (χ3v) is 5.72. The normalized spacial score (nSPS) is 11.0. The van der Waals surface area contributed by atoms with Crippen LogP contribution in [0.5, 0.6) is 11.5 Å². The highest BCUT2D eigenvalue weighted by molar-refractivity contribution is 6.11. The van der Waals surface area contributed by atoms with Gasteiger partial charge in [0.25, 0.3) is 11.9 Å². The number of carbonyl (C=O) groups excluding carboxylic acids is 1. The second-order valence-corrected chi connectivity index (χ2v) is 8.08. The van der Waals surface area contributed by atoms with E-state index in [-0.39, 0.29) is 34.3 Å². The maximum absolute atomic E-state index is 13.2. The summed E-state index contributed by atoms with van der Waals surface area (Å²) in [6, 6.07) is 19.3. The van der Waals surface area contributed by atoms with Gasteiger partial charge in [-0.15, -0.1) is 10.2 Å². The number of benzene rings is 3. The van der Waals surface area contributed by atoms with Crippen molar-refractivity contribution in [2.45, 2.75) is 6.92 Å². The van der Waals surface area contributed by atoms with Gasteiger partial charge in [0.1, 0.15) is 23.1 Å². The summed E-state index contributed by atoms with van der Waals surface area (Å²) in [6.07, 6.45) is 3.08. The number of rotatable bonds is 6. The SMILES string of the molecule is COc1ccc(NC(=O)c2cc3ccccc3c(N=Nc3c(C#N)c(C)nn3-c3ncccn3)c2O)cc1. The Balaban J connectivity index is 1.60. The Labute approximate surface area is 216 Å². The lowest BCUT2D eigenvalue weighted by atomic mass is 10.0. The van der Waals surface area contributed by atoms with Crippen LogP contribution in [0, 0.1) is 18.3 Å². The number of anilines is 1. The van der Waals surface area contributed by atoms with Crippen molar-refractivity contribution in [2.24, 2.45) is 10.2 Å². The minimum atomic E-state index is -0.536. The molecule has 0 atom stereocenters. The zero-order valence-electron chi connectivity index (χ0n) is 20.3. The van der Waals surface area contributed by atoms with Crippen LogP contribution in [-0.2, 0) is 0 Å². The molecule has 0 spiro atoms. The Bertz CT molecular complexity index is 1720. The predicted octanol–water partition coefficient (Wildman–Crippen LogP) is 5.38. The molecule has 0 aliphatic rings. The fourth-order valence-corrected chi connectivity index (χ4v) is 3.84. The lowest BCUT2D eigenvalue weighted by Crippen LogP contribution is -2.12. The summed E-state index contributed by atoms with van der Waals surface area (Å²) in [6.45, 7) is 1.66. The third kappa shape index (κ3) is 4.49. The van der Waals surface area contributed by atoms with E-state index in [1.807, 2.05) is 6.07 Å². The van der Waals surface area contributed by atoms with Crippen molar-refractivity contribution < 1.29 is 14.6 Å². The largest absolute Gasteiger partial charge is 0.505 e. The van der Waals surface area contributed by atoms with Gasteiger partial charge in [0.15, 0.2) is 11.6 Å². The summed E-state index contributed by atoms with van der Waals surface area (Å²) in [5.41, 5.74) is 1.18. The quantitative estimate of drug-likeness (QED) is 0.295. The van der Waals surface area contributed by atoms with Crippen LogP contribution in [0.25, 0.3) is 16.7 Å². The number of ether oxygens (including phenoxy) is 1. The van der Waals surface area contributed by atoms with Gasteiger partial charge in [0.2, 0.25) is 0 Å². The number of amides is 1. The van der Waals surface area contributed by atoms with Gasteiger partial charge < -0.3 is 15.2 Å². The molecule has 0 saturated carbocycles. The minimum absolute atomic E-state index is 0.00468. The number of aromatic nitrogens is 4. The van der Waals surface area contributed by atoms with Crippen LogP contribution < -0.4 is 10.1 Å². The topological polar surface area (TPSA) is 151 Å². The lowest BCUT2D eigenvalue weighted by Gasteiger charge is -2.11. The molecule has 2 heterocycles. The molecule has 3 aromatic carbocycles. The average Bonchev–Trinajstić information content (AvgIpc) is 3.27. The monoisotopic (exact) mass is 504 g/mol. The molecular formula is C27H20N8O3. The lowest BCUT2D eigenvalue weighted by molar-refractivity contribution is 0.102. The second-order valence-electron chi connectivity index (χ2n) is 8.08. The highest BCUT2D eigenvalue weighted by atomic mass is 16.5. The number of phenols is 1. The number of hydrogen-bond acceptors (Lipinski definition) is 9. The average molecular weight is 505 g/mol. The molecule has 11 nitrogen and oxygen atoms in total. The summed E-state index contributed by atoms with van der Waals surface area (Å²) < 4.78 is 6.45. The van der Waals surface area contributed by atoms with E-state index in [1.165, 1.54) is 17.1 Å². The third-order valence-electron chi connectivity index (χ3n) is 5.72. The molecule has 0 radical (unpaired) electrons. The van der Waals surface area contributed by atoms with Crippen molar-refractivity contribution in [1.82, 2.24) is 19.7 Å². The van der Waals surface area contributed by atoms with Crippen LogP contribution in [0.15, 0.2) is 83.3 Å². The summed E-state index contributed by atoms with van der Waals surface area (Å²) in [4.78, 5) is 21.5. The van der Waals surface area contributed by atoms with E-state index in [0.717, 1.165) is 0 Å². The minimum Gasteiger partial charge on any atom is -0.505 e. The zero-order valence-corrected chi connectivity index (χ0v) is 20.3. The molecule has 38 heavy (non-hydrogen) atoms. The summed E-state index contributed by atoms with van der Waals surface area (Å²) >= 11 is 0. The van der Waals surface area contributed by atoms with Crippen molar-refractivity contribution in [3.63, 3.8) is 0 Å². The molecule has 0 fully saturated rings. The highest BCUT2D eigenvalue weighted by Crippen LogP contribution is 2.40. The Morgan fingerprint density at radius 3 is 2.53 bits per heavy atom. The van der Waals surface area contributed by atoms with Crippen molar-refractivity contribution in [2.75, 3.05) is 12.4 Å². The van der Waals surface area contributed by atoms with Crippen LogP contribution in [-0.4, -0.2) is 37.9 Å². The first-order valence-electron chi connectivity index (χ1n) is 11.4. The smallest absolute Gasteiger partial charge is 0.259 e. The van der Waals surface area contributed by atoms with Crippen LogP contribution in [0.1, 0.15) is 21.6 Å². The van der Waals surface area contributed by atoms with Crippen molar-refractivity contribution in [3.8, 4) is 23.5 Å². The van der Waals surface area contributed by atoms with Crippen molar-refractivity contribution in [3.05, 3.63) is 89.9 Å². The van der Waals surface area contributed by atoms with Gasteiger partial charge >= 0.3 is 0 Å². The fraction of sp³-hybridized carbons (Fsp3) is 0.0741. The Morgan fingerprint density at radius 2 is 1.82 bits per heavy atom. The molecule has 0 saturated heterocycles. The van der Waals surface area contributed by atoms with Gasteiger partial charge in [-0.3, -0.25) is 4.79 Å². The van der Waals surface area contributed by atoms with Crippen molar-refractivity contribution in [1.29, 1.82) is 5.26 Å². The molecule has 1 amide bonds. The van der Waals surface area contributed by atoms with E-state index in [9.17, 15) is 15.2 Å². The molecule has 11 heteroatoms. The Hall–Kier alpha value is -5.63. The molecule has 5 aromatic rings. The maximum atomic E-state index is 13.2. The first-order chi connectivity index (χ1) is 18.5. The number of phenolic OH excluding ortho intramolecular Hbond substituents is 1. The van der Waals surface area contributed by atoms with Crippen LogP contribution in [0.2, 0.25) is 0 Å². The summed E-state index contributed by atoms with van der Waals surface area (Å²) in [5, 5.41) is 37.8. The molecule has 5 rings (SSSR count). The molecule has 0 unspecified atom stereocenters. The predicted molar refractivity (Wildman–Crippen MR) is 139 cm³/mol. The number of aryl methyl sites for hydroxylation is 1. The number of carbonyl (C=O) groups is 1. The van der Waals surface area contributed by atoms with Gasteiger partial charge in [0.05, 0.1) is 18.4 Å². The van der Waals surface area contributed by atoms with Gasteiger partial charge in [-0.05, 0) is 48.7 Å². The van der Waals surface area contributed by atoms with Gasteiger partial charge in [-0.2, -0.15) is 15.0 Å². The van der Waals surface area contributed by atoms with Crippen LogP contribution in [0.4, 0.5) is 17.2 Å². The highest BCUT2D eigenvalue weighted by Gasteiger charge is 2.21. The number of nitrogens with zero attached hydrogens (tertiary/aromatic N) is 7. The Kier molecular flexibility index (Phi) is 6.44. The Morgan fingerprint density at radius 1 is 1.08 bits per heavy atom. The van der Waals surface area contributed by atoms with E-state index in [4.69, 9.17) is 4.74 Å². The standard InChI is InChI=1S/C27H20N8O3/c1-16-22(15-28)25(35(34-16)27-29-12-5-13-30-27)33-32-23-20-7-4-3-6-17(20)14-21(24(23)36)26(37)31-18-8-10-19(38-2)11-9-18/h3-14,36H,1-2H3,(H,31,37). The number of methoxy groups -OCH3 is 1. The van der Waals surface area contributed by atoms with Gasteiger partial charge in [-0.1, -0.05) is 24.3 Å². The summed E-state index contributed by atoms with van der Waals surface area (Å²) in [5.74, 6) is 0.0359. The molecule has 2 N–H and O–H groups in total. The summed E-state index contributed by atoms with van der Waals surface area (Å²) in [7, 11) is 1.55. The van der Waals surface area contributed by atoms with Crippen molar-refractivity contribution >= 4 is 33.9 Å². The van der Waals surface area contributed by atoms with E-state index < -0.39 is 5.91 Å². The molecule has 0 aliphatic heterocycles. The maximum Gasteiger partial charge on any atom is 0.259 e. The number of fused-ring (bicyclic) bond motifs is 1. The molecule has 0 bridgehead atoms. The zero-order chi connectivity index (χ0) is 26.6. The van der Waals surface area contributed by atoms with E-state index in [1.54, 1.807) is 68.6 Å². The molecule has 0 aliphatic carbocycles. The van der Waals surface area contributed by atoms with E-state index >= 15 is 0 Å². The number of nitrogens with one attached hydrogen (secondary N) is 1. The number of hydrogen-bond donors (Lipinski definition) is 2.